The first-order valence-corrected chi connectivity index (χ1v) is 19.7. The van der Waals surface area contributed by atoms with Crippen LogP contribution in [0, 0.1) is 5.92 Å². The third-order valence-electron chi connectivity index (χ3n) is 9.96. The smallest absolute Gasteiger partial charge is 0.241 e. The van der Waals surface area contributed by atoms with Gasteiger partial charge in [-0.05, 0) is 55.3 Å². The Morgan fingerprint density at radius 1 is 1.09 bits per heavy atom. The van der Waals surface area contributed by atoms with E-state index in [1.165, 1.54) is 5.19 Å². The molecule has 0 aliphatic carbocycles. The highest BCUT2D eigenvalue weighted by Crippen LogP contribution is 2.48. The summed E-state index contributed by atoms with van der Waals surface area (Å²) in [6.45, 7) is 8.12. The van der Waals surface area contributed by atoms with E-state index in [1.807, 2.05) is 60.7 Å². The summed E-state index contributed by atoms with van der Waals surface area (Å²) in [5.41, 5.74) is 2.47. The Hall–Kier alpha value is -3.70. The first-order chi connectivity index (χ1) is 22.7. The van der Waals surface area contributed by atoms with E-state index in [2.05, 4.69) is 42.8 Å². The zero-order valence-corrected chi connectivity index (χ0v) is 29.2. The van der Waals surface area contributed by atoms with Gasteiger partial charge in [-0.2, -0.15) is 0 Å². The minimum absolute atomic E-state index is 0.0175. The summed E-state index contributed by atoms with van der Waals surface area (Å²) >= 11 is 0. The van der Waals surface area contributed by atoms with Crippen molar-refractivity contribution in [1.82, 2.24) is 10.2 Å². The minimum Gasteiger partial charge on any atom is -0.497 e. The van der Waals surface area contributed by atoms with Crippen molar-refractivity contribution in [2.24, 2.45) is 5.92 Å². The van der Waals surface area contributed by atoms with Gasteiger partial charge < -0.3 is 34.9 Å². The Balaban J connectivity index is 1.47. The zero-order valence-electron chi connectivity index (χ0n) is 28.2. The van der Waals surface area contributed by atoms with E-state index in [9.17, 15) is 14.7 Å². The van der Waals surface area contributed by atoms with Crippen molar-refractivity contribution in [3.8, 4) is 11.5 Å². The summed E-state index contributed by atoms with van der Waals surface area (Å²) in [6.07, 6.45) is 1.46. The molecule has 1 saturated heterocycles. The predicted molar refractivity (Wildman–Crippen MR) is 187 cm³/mol. The van der Waals surface area contributed by atoms with Crippen LogP contribution in [-0.4, -0.2) is 76.0 Å². The number of hydrogen-bond donors (Lipinski definition) is 3. The molecule has 0 aromatic heterocycles. The van der Waals surface area contributed by atoms with Gasteiger partial charge in [0.2, 0.25) is 11.8 Å². The molecule has 3 N–H and O–H groups in total. The summed E-state index contributed by atoms with van der Waals surface area (Å²) in [7, 11) is 0.942. The standard InChI is InChI=1S/C37H49N3O6Si/c1-25-35(45-3)30-22-27(39-37(43)31-12-9-19-38-31)13-18-32(30)46-36(25)33(47(4,5)29-16-14-28(44-2)15-17-29)23-34(42)40(20-21-41)24-26-10-7-6-8-11-26/h6-8,10-11,13-18,22,25,31,33,35-36,38,41H,9,12,19-21,23-24H2,1-5H3,(H,39,43)/t25-,31+,33?,35-,36-/m0/s1. The molecule has 3 aromatic rings. The van der Waals surface area contributed by atoms with Crippen LogP contribution in [-0.2, 0) is 20.9 Å². The van der Waals surface area contributed by atoms with Crippen molar-refractivity contribution < 1.29 is 28.9 Å². The summed E-state index contributed by atoms with van der Waals surface area (Å²) in [5, 5.41) is 17.4. The number of benzene rings is 3. The molecule has 1 unspecified atom stereocenters. The molecule has 2 amide bonds. The number of carbonyl (C=O) groups is 2. The van der Waals surface area contributed by atoms with Crippen molar-refractivity contribution >= 4 is 30.8 Å². The molecule has 1 fully saturated rings. The molecule has 0 radical (unpaired) electrons. The van der Waals surface area contributed by atoms with Gasteiger partial charge >= 0.3 is 0 Å². The lowest BCUT2D eigenvalue weighted by Gasteiger charge is -2.46. The van der Waals surface area contributed by atoms with Gasteiger partial charge in [0.15, 0.2) is 0 Å². The van der Waals surface area contributed by atoms with E-state index in [0.29, 0.717) is 18.0 Å². The van der Waals surface area contributed by atoms with Gasteiger partial charge in [-0.1, -0.05) is 67.7 Å². The van der Waals surface area contributed by atoms with Crippen LogP contribution in [0.2, 0.25) is 18.6 Å². The second-order valence-electron chi connectivity index (χ2n) is 13.3. The average Bonchev–Trinajstić information content (AvgIpc) is 3.63. The molecule has 9 nitrogen and oxygen atoms in total. The maximum absolute atomic E-state index is 14.2. The normalized spacial score (nSPS) is 21.3. The summed E-state index contributed by atoms with van der Waals surface area (Å²) < 4.78 is 18.5. The molecule has 0 spiro atoms. The average molecular weight is 660 g/mol. The van der Waals surface area contributed by atoms with Crippen LogP contribution in [0.1, 0.15) is 43.4 Å². The molecule has 252 valence electrons. The molecule has 3 aromatic carbocycles. The van der Waals surface area contributed by atoms with Gasteiger partial charge in [0, 0.05) is 49.3 Å². The minimum atomic E-state index is -2.42. The number of fused-ring (bicyclic) bond motifs is 1. The summed E-state index contributed by atoms with van der Waals surface area (Å²) in [5.74, 6) is 1.33. The lowest BCUT2D eigenvalue weighted by atomic mass is 9.86. The topological polar surface area (TPSA) is 109 Å². The van der Waals surface area contributed by atoms with E-state index < -0.39 is 8.07 Å². The van der Waals surface area contributed by atoms with E-state index >= 15 is 0 Å². The van der Waals surface area contributed by atoms with Gasteiger partial charge in [0.1, 0.15) is 17.6 Å². The van der Waals surface area contributed by atoms with Crippen LogP contribution >= 0.6 is 0 Å². The molecule has 2 aliphatic rings. The Morgan fingerprint density at radius 3 is 2.47 bits per heavy atom. The fourth-order valence-corrected chi connectivity index (χ4v) is 10.5. The van der Waals surface area contributed by atoms with Crippen molar-refractivity contribution in [3.05, 3.63) is 83.9 Å². The number of carbonyl (C=O) groups excluding carboxylic acids is 2. The lowest BCUT2D eigenvalue weighted by molar-refractivity contribution is -0.133. The lowest BCUT2D eigenvalue weighted by Crippen LogP contribution is -2.55. The second kappa shape index (κ2) is 15.5. The van der Waals surface area contributed by atoms with Crippen LogP contribution < -0.4 is 25.3 Å². The highest BCUT2D eigenvalue weighted by molar-refractivity contribution is 6.91. The third-order valence-corrected chi connectivity index (χ3v) is 14.2. The number of nitrogens with one attached hydrogen (secondary N) is 2. The van der Waals surface area contributed by atoms with Gasteiger partial charge in [-0.15, -0.1) is 0 Å². The molecule has 47 heavy (non-hydrogen) atoms. The van der Waals surface area contributed by atoms with Crippen LogP contribution in [0.5, 0.6) is 11.5 Å². The first kappa shape index (κ1) is 34.6. The van der Waals surface area contributed by atoms with Crippen molar-refractivity contribution in [2.45, 2.75) is 69.6 Å². The van der Waals surface area contributed by atoms with Gasteiger partial charge in [-0.3, -0.25) is 9.59 Å². The van der Waals surface area contributed by atoms with Crippen molar-refractivity contribution in [2.75, 3.05) is 39.2 Å². The fourth-order valence-electron chi connectivity index (χ4n) is 7.14. The maximum atomic E-state index is 14.2. The Bertz CT molecular complexity index is 1500. The van der Waals surface area contributed by atoms with E-state index in [0.717, 1.165) is 36.3 Å². The quantitative estimate of drug-likeness (QED) is 0.225. The van der Waals surface area contributed by atoms with Crippen molar-refractivity contribution in [1.29, 1.82) is 0 Å². The number of anilines is 1. The predicted octanol–water partition coefficient (Wildman–Crippen LogP) is 4.87. The molecular weight excluding hydrogens is 611 g/mol. The number of amides is 2. The molecule has 10 heteroatoms. The Labute approximate surface area is 279 Å². The molecular formula is C37H49N3O6Si. The number of ether oxygens (including phenoxy) is 3. The molecule has 0 bridgehead atoms. The number of methoxy groups -OCH3 is 2. The highest BCUT2D eigenvalue weighted by Gasteiger charge is 2.48. The molecule has 2 heterocycles. The van der Waals surface area contributed by atoms with Crippen LogP contribution in [0.15, 0.2) is 72.8 Å². The zero-order chi connectivity index (χ0) is 33.6. The maximum Gasteiger partial charge on any atom is 0.241 e. The molecule has 2 aliphatic heterocycles. The van der Waals surface area contributed by atoms with Gasteiger partial charge in [0.05, 0.1) is 33.9 Å². The Kier molecular flexibility index (Phi) is 11.4. The molecule has 0 saturated carbocycles. The molecule has 5 rings (SSSR count). The SMILES string of the molecule is COc1ccc([Si](C)(C)C(CC(=O)N(CCO)Cc2ccccc2)[C@H]2Oc3ccc(NC(=O)[C@H]4CCCN4)cc3[C@@H](OC)[C@@H]2C)cc1. The van der Waals surface area contributed by atoms with Crippen LogP contribution in [0.3, 0.4) is 0 Å². The van der Waals surface area contributed by atoms with Crippen LogP contribution in [0.4, 0.5) is 5.69 Å². The third kappa shape index (κ3) is 7.89. The van der Waals surface area contributed by atoms with E-state index in [1.54, 1.807) is 19.1 Å². The number of aliphatic hydroxyl groups is 1. The number of aliphatic hydroxyl groups excluding tert-OH is 1. The first-order valence-electron chi connectivity index (χ1n) is 16.6. The number of nitrogens with zero attached hydrogens (tertiary/aromatic N) is 1. The second-order valence-corrected chi connectivity index (χ2v) is 18.0. The van der Waals surface area contributed by atoms with Crippen LogP contribution in [0.25, 0.3) is 0 Å². The number of hydrogen-bond acceptors (Lipinski definition) is 7. The fraction of sp³-hybridized carbons (Fsp3) is 0.459. The molecule has 5 atom stereocenters. The largest absolute Gasteiger partial charge is 0.497 e. The van der Waals surface area contributed by atoms with E-state index in [4.69, 9.17) is 14.2 Å². The Morgan fingerprint density at radius 2 is 1.83 bits per heavy atom. The monoisotopic (exact) mass is 659 g/mol. The van der Waals surface area contributed by atoms with Gasteiger partial charge in [0.25, 0.3) is 0 Å². The number of rotatable bonds is 13. The van der Waals surface area contributed by atoms with E-state index in [-0.39, 0.29) is 61.1 Å². The highest BCUT2D eigenvalue weighted by atomic mass is 28.3. The summed E-state index contributed by atoms with van der Waals surface area (Å²) in [6, 6.07) is 23.6. The van der Waals surface area contributed by atoms with Crippen molar-refractivity contribution in [3.63, 3.8) is 0 Å². The van der Waals surface area contributed by atoms with Gasteiger partial charge in [-0.25, -0.2) is 0 Å². The summed E-state index contributed by atoms with van der Waals surface area (Å²) in [4.78, 5) is 28.8.